The number of carbonyl (C=O) groups is 1. The van der Waals surface area contributed by atoms with E-state index in [1.165, 1.54) is 0 Å². The maximum absolute atomic E-state index is 11.5. The van der Waals surface area contributed by atoms with Gasteiger partial charge in [0.25, 0.3) is 0 Å². The van der Waals surface area contributed by atoms with Gasteiger partial charge in [-0.05, 0) is 37.0 Å². The van der Waals surface area contributed by atoms with Gasteiger partial charge in [-0.2, -0.15) is 0 Å². The fraction of sp³-hybridized carbons (Fsp3) is 0.417. The number of hydrogen-bond donors (Lipinski definition) is 0. The van der Waals surface area contributed by atoms with Crippen LogP contribution in [0.15, 0.2) is 18.2 Å². The average Bonchev–Trinajstić information content (AvgIpc) is 2.57. The smallest absolute Gasteiger partial charge is 0.136 e. The molecule has 0 saturated heterocycles. The van der Waals surface area contributed by atoms with E-state index in [4.69, 9.17) is 23.2 Å². The Hall–Kier alpha value is -0.530. The maximum Gasteiger partial charge on any atom is 0.136 e. The Morgan fingerprint density at radius 3 is 2.73 bits per heavy atom. The van der Waals surface area contributed by atoms with Gasteiger partial charge in [-0.1, -0.05) is 29.3 Å². The number of rotatable bonds is 2. The number of benzene rings is 1. The third-order valence-corrected chi connectivity index (χ3v) is 3.50. The molecule has 0 radical (unpaired) electrons. The van der Waals surface area contributed by atoms with Gasteiger partial charge in [0.2, 0.25) is 0 Å². The molecule has 0 bridgehead atoms. The normalized spacial score (nSPS) is 20.9. The number of halogens is 2. The van der Waals surface area contributed by atoms with E-state index in [-0.39, 0.29) is 5.92 Å². The van der Waals surface area contributed by atoms with E-state index in [1.807, 2.05) is 12.1 Å². The van der Waals surface area contributed by atoms with Gasteiger partial charge in [-0.15, -0.1) is 0 Å². The predicted octanol–water partition coefficient (Wildman–Crippen LogP) is 3.91. The Morgan fingerprint density at radius 1 is 1.33 bits per heavy atom. The van der Waals surface area contributed by atoms with Gasteiger partial charge in [-0.25, -0.2) is 0 Å². The average molecular weight is 243 g/mol. The minimum absolute atomic E-state index is 0.170. The number of Topliss-reactive ketones (excluding diaryl/α,β-unsaturated/α-hetero) is 1. The van der Waals surface area contributed by atoms with Crippen LogP contribution in [-0.4, -0.2) is 5.78 Å². The summed E-state index contributed by atoms with van der Waals surface area (Å²) < 4.78 is 0. The maximum atomic E-state index is 11.5. The van der Waals surface area contributed by atoms with Crippen LogP contribution < -0.4 is 0 Å². The molecular weight excluding hydrogens is 231 g/mol. The zero-order valence-electron chi connectivity index (χ0n) is 8.30. The summed E-state index contributed by atoms with van der Waals surface area (Å²) in [5, 5.41) is 1.31. The summed E-state index contributed by atoms with van der Waals surface area (Å²) in [5.41, 5.74) is 1.03. The molecule has 0 amide bonds. The lowest BCUT2D eigenvalue weighted by molar-refractivity contribution is -0.120. The number of ketones is 1. The summed E-state index contributed by atoms with van der Waals surface area (Å²) in [6, 6.07) is 5.47. The highest BCUT2D eigenvalue weighted by molar-refractivity contribution is 6.35. The quantitative estimate of drug-likeness (QED) is 0.769. The van der Waals surface area contributed by atoms with E-state index >= 15 is 0 Å². The van der Waals surface area contributed by atoms with E-state index in [0.717, 1.165) is 31.2 Å². The Bertz CT molecular complexity index is 387. The zero-order valence-corrected chi connectivity index (χ0v) is 9.81. The Kier molecular flexibility index (Phi) is 3.32. The highest BCUT2D eigenvalue weighted by Gasteiger charge is 2.24. The fourth-order valence-corrected chi connectivity index (χ4v) is 2.54. The Labute approximate surface area is 99.4 Å². The molecule has 0 aromatic heterocycles. The number of carbonyl (C=O) groups excluding carboxylic acids is 1. The molecular formula is C12H12Cl2O. The molecule has 1 saturated carbocycles. The molecule has 1 aromatic rings. The van der Waals surface area contributed by atoms with Crippen molar-refractivity contribution in [2.24, 2.45) is 5.92 Å². The summed E-state index contributed by atoms with van der Waals surface area (Å²) in [6.45, 7) is 0. The zero-order chi connectivity index (χ0) is 10.8. The lowest BCUT2D eigenvalue weighted by atomic mass is 9.97. The van der Waals surface area contributed by atoms with Crippen LogP contribution in [0, 0.1) is 5.92 Å². The molecule has 0 heterocycles. The van der Waals surface area contributed by atoms with E-state index in [2.05, 4.69) is 0 Å². The minimum Gasteiger partial charge on any atom is -0.299 e. The van der Waals surface area contributed by atoms with Crippen molar-refractivity contribution in [2.75, 3.05) is 0 Å². The minimum atomic E-state index is 0.170. The van der Waals surface area contributed by atoms with Crippen LogP contribution in [0.1, 0.15) is 24.8 Å². The first-order chi connectivity index (χ1) is 7.16. The molecule has 0 spiro atoms. The van der Waals surface area contributed by atoms with Crippen LogP contribution in [0.2, 0.25) is 10.0 Å². The molecule has 0 aliphatic heterocycles. The van der Waals surface area contributed by atoms with Crippen LogP contribution >= 0.6 is 23.2 Å². The van der Waals surface area contributed by atoms with Crippen molar-refractivity contribution in [1.82, 2.24) is 0 Å². The van der Waals surface area contributed by atoms with Crippen LogP contribution in [0.25, 0.3) is 0 Å². The van der Waals surface area contributed by atoms with E-state index in [0.29, 0.717) is 15.8 Å². The van der Waals surface area contributed by atoms with Gasteiger partial charge in [0.15, 0.2) is 0 Å². The second-order valence-electron chi connectivity index (χ2n) is 4.00. The van der Waals surface area contributed by atoms with Crippen molar-refractivity contribution < 1.29 is 4.79 Å². The second-order valence-corrected chi connectivity index (χ2v) is 4.84. The molecule has 1 nitrogen and oxygen atoms in total. The summed E-state index contributed by atoms with van der Waals surface area (Å²) >= 11 is 11.9. The molecule has 15 heavy (non-hydrogen) atoms. The molecule has 0 N–H and O–H groups in total. The topological polar surface area (TPSA) is 17.1 Å². The van der Waals surface area contributed by atoms with Gasteiger partial charge in [0, 0.05) is 22.4 Å². The molecule has 1 unspecified atom stereocenters. The standard InChI is InChI=1S/C12H12Cl2O/c13-10-5-4-8(11(14)7-10)6-9-2-1-3-12(9)15/h4-5,7,9H,1-3,6H2. The van der Waals surface area contributed by atoms with Crippen molar-refractivity contribution >= 4 is 29.0 Å². The number of hydrogen-bond acceptors (Lipinski definition) is 1. The molecule has 1 aliphatic carbocycles. The van der Waals surface area contributed by atoms with Crippen molar-refractivity contribution in [1.29, 1.82) is 0 Å². The lowest BCUT2D eigenvalue weighted by Crippen LogP contribution is -2.09. The molecule has 1 fully saturated rings. The van der Waals surface area contributed by atoms with Crippen molar-refractivity contribution in [3.05, 3.63) is 33.8 Å². The van der Waals surface area contributed by atoms with Gasteiger partial charge in [0.05, 0.1) is 0 Å². The van der Waals surface area contributed by atoms with Gasteiger partial charge < -0.3 is 0 Å². The monoisotopic (exact) mass is 242 g/mol. The van der Waals surface area contributed by atoms with Crippen molar-refractivity contribution in [3.63, 3.8) is 0 Å². The fourth-order valence-electron chi connectivity index (χ4n) is 2.06. The third-order valence-electron chi connectivity index (χ3n) is 2.91. The van der Waals surface area contributed by atoms with Crippen molar-refractivity contribution in [2.45, 2.75) is 25.7 Å². The van der Waals surface area contributed by atoms with Gasteiger partial charge >= 0.3 is 0 Å². The SMILES string of the molecule is O=C1CCCC1Cc1ccc(Cl)cc1Cl. The van der Waals surface area contributed by atoms with Crippen LogP contribution in [0.3, 0.4) is 0 Å². The molecule has 1 aliphatic rings. The summed E-state index contributed by atoms with van der Waals surface area (Å²) in [7, 11) is 0. The largest absolute Gasteiger partial charge is 0.299 e. The summed E-state index contributed by atoms with van der Waals surface area (Å²) in [6.07, 6.45) is 3.51. The first-order valence-corrected chi connectivity index (χ1v) is 5.89. The first kappa shape index (κ1) is 11.0. The van der Waals surface area contributed by atoms with Crippen LogP contribution in [-0.2, 0) is 11.2 Å². The molecule has 1 atom stereocenters. The Balaban J connectivity index is 2.13. The van der Waals surface area contributed by atoms with E-state index < -0.39 is 0 Å². The van der Waals surface area contributed by atoms with Gasteiger partial charge in [-0.3, -0.25) is 4.79 Å². The van der Waals surface area contributed by atoms with Crippen molar-refractivity contribution in [3.8, 4) is 0 Å². The highest BCUT2D eigenvalue weighted by Crippen LogP contribution is 2.29. The van der Waals surface area contributed by atoms with Gasteiger partial charge in [0.1, 0.15) is 5.78 Å². The van der Waals surface area contributed by atoms with Crippen LogP contribution in [0.4, 0.5) is 0 Å². The third kappa shape index (κ3) is 2.53. The van der Waals surface area contributed by atoms with Crippen LogP contribution in [0.5, 0.6) is 0 Å². The lowest BCUT2D eigenvalue weighted by Gasteiger charge is -2.09. The second kappa shape index (κ2) is 4.54. The van der Waals surface area contributed by atoms with E-state index in [9.17, 15) is 4.79 Å². The summed E-state index contributed by atoms with van der Waals surface area (Å²) in [4.78, 5) is 11.5. The predicted molar refractivity (Wildman–Crippen MR) is 62.5 cm³/mol. The highest BCUT2D eigenvalue weighted by atomic mass is 35.5. The first-order valence-electron chi connectivity index (χ1n) is 5.13. The molecule has 3 heteroatoms. The molecule has 2 rings (SSSR count). The van der Waals surface area contributed by atoms with E-state index in [1.54, 1.807) is 6.07 Å². The molecule has 1 aromatic carbocycles. The Morgan fingerprint density at radius 2 is 2.13 bits per heavy atom. The molecule has 80 valence electrons. The summed E-state index contributed by atoms with van der Waals surface area (Å²) in [5.74, 6) is 0.546.